The van der Waals surface area contributed by atoms with Gasteiger partial charge in [-0.05, 0) is 63.5 Å². The van der Waals surface area contributed by atoms with E-state index >= 15 is 0 Å². The fourth-order valence-corrected chi connectivity index (χ4v) is 2.95. The Morgan fingerprint density at radius 3 is 2.79 bits per heavy atom. The Morgan fingerprint density at radius 1 is 1.21 bits per heavy atom. The Morgan fingerprint density at radius 2 is 2.00 bits per heavy atom. The molecule has 1 aliphatic heterocycles. The molecule has 102 valence electrons. The SMILES string of the molecule is Cc1ccc2nc(N)n(CCCN3CCCC3)c2c1. The molecule has 2 aromatic rings. The Hall–Kier alpha value is -1.55. The summed E-state index contributed by atoms with van der Waals surface area (Å²) in [7, 11) is 0. The summed E-state index contributed by atoms with van der Waals surface area (Å²) in [6, 6.07) is 6.32. The molecule has 2 N–H and O–H groups in total. The molecule has 3 rings (SSSR count). The lowest BCUT2D eigenvalue weighted by Crippen LogP contribution is -2.21. The largest absolute Gasteiger partial charge is 0.369 e. The highest BCUT2D eigenvalue weighted by molar-refractivity contribution is 5.79. The van der Waals surface area contributed by atoms with Gasteiger partial charge in [0, 0.05) is 6.54 Å². The maximum absolute atomic E-state index is 6.04. The maximum Gasteiger partial charge on any atom is 0.201 e. The second-order valence-corrected chi connectivity index (χ2v) is 5.52. The molecule has 1 aromatic carbocycles. The number of anilines is 1. The van der Waals surface area contributed by atoms with Crippen LogP contribution in [0.15, 0.2) is 18.2 Å². The summed E-state index contributed by atoms with van der Waals surface area (Å²) in [6.45, 7) is 6.77. The van der Waals surface area contributed by atoms with E-state index in [1.54, 1.807) is 0 Å². The van der Waals surface area contributed by atoms with Crippen LogP contribution in [0, 0.1) is 6.92 Å². The van der Waals surface area contributed by atoms with Crippen molar-refractivity contribution in [1.82, 2.24) is 14.5 Å². The van der Waals surface area contributed by atoms with Crippen molar-refractivity contribution in [1.29, 1.82) is 0 Å². The second-order valence-electron chi connectivity index (χ2n) is 5.52. The zero-order chi connectivity index (χ0) is 13.2. The first-order chi connectivity index (χ1) is 9.24. The summed E-state index contributed by atoms with van der Waals surface area (Å²) in [5, 5.41) is 0. The summed E-state index contributed by atoms with van der Waals surface area (Å²) in [6.07, 6.45) is 3.86. The first kappa shape index (κ1) is 12.5. The van der Waals surface area contributed by atoms with E-state index in [0.29, 0.717) is 5.95 Å². The minimum atomic E-state index is 0.641. The molecule has 1 fully saturated rings. The van der Waals surface area contributed by atoms with Crippen LogP contribution in [0.4, 0.5) is 5.95 Å². The van der Waals surface area contributed by atoms with Gasteiger partial charge in [0.2, 0.25) is 5.95 Å². The van der Waals surface area contributed by atoms with Crippen molar-refractivity contribution in [2.45, 2.75) is 32.7 Å². The summed E-state index contributed by atoms with van der Waals surface area (Å²) >= 11 is 0. The van der Waals surface area contributed by atoms with E-state index < -0.39 is 0 Å². The third-order valence-electron chi connectivity index (χ3n) is 3.99. The minimum absolute atomic E-state index is 0.641. The van der Waals surface area contributed by atoms with E-state index in [0.717, 1.165) is 18.5 Å². The van der Waals surface area contributed by atoms with E-state index in [1.165, 1.54) is 43.6 Å². The molecule has 0 amide bonds. The number of fused-ring (bicyclic) bond motifs is 1. The van der Waals surface area contributed by atoms with Gasteiger partial charge in [0.1, 0.15) is 0 Å². The number of rotatable bonds is 4. The number of nitrogens with two attached hydrogens (primary N) is 1. The lowest BCUT2D eigenvalue weighted by molar-refractivity contribution is 0.326. The molecule has 0 radical (unpaired) electrons. The molecule has 0 spiro atoms. The molecule has 1 aromatic heterocycles. The Labute approximate surface area is 114 Å². The van der Waals surface area contributed by atoms with Crippen LogP contribution >= 0.6 is 0 Å². The minimum Gasteiger partial charge on any atom is -0.369 e. The van der Waals surface area contributed by atoms with Gasteiger partial charge in [0.05, 0.1) is 11.0 Å². The standard InChI is InChI=1S/C15H22N4/c1-12-5-6-13-14(11-12)19(15(16)17-13)10-4-9-18-7-2-3-8-18/h5-6,11H,2-4,7-10H2,1H3,(H2,16,17). The summed E-state index contributed by atoms with van der Waals surface area (Å²) in [4.78, 5) is 6.97. The highest BCUT2D eigenvalue weighted by atomic mass is 15.2. The van der Waals surface area contributed by atoms with Crippen LogP contribution in [0.25, 0.3) is 11.0 Å². The predicted molar refractivity (Wildman–Crippen MR) is 79.2 cm³/mol. The van der Waals surface area contributed by atoms with Crippen molar-refractivity contribution in [3.8, 4) is 0 Å². The Bertz CT molecular complexity index is 567. The van der Waals surface area contributed by atoms with Crippen molar-refractivity contribution in [3.63, 3.8) is 0 Å². The number of hydrogen-bond donors (Lipinski definition) is 1. The highest BCUT2D eigenvalue weighted by Gasteiger charge is 2.12. The highest BCUT2D eigenvalue weighted by Crippen LogP contribution is 2.20. The molecule has 19 heavy (non-hydrogen) atoms. The molecular weight excluding hydrogens is 236 g/mol. The lowest BCUT2D eigenvalue weighted by atomic mass is 10.2. The first-order valence-electron chi connectivity index (χ1n) is 7.19. The number of hydrogen-bond acceptors (Lipinski definition) is 3. The van der Waals surface area contributed by atoms with Gasteiger partial charge in [-0.3, -0.25) is 0 Å². The van der Waals surface area contributed by atoms with E-state index in [2.05, 4.69) is 39.6 Å². The second kappa shape index (κ2) is 5.21. The molecule has 4 heteroatoms. The lowest BCUT2D eigenvalue weighted by Gasteiger charge is -2.15. The summed E-state index contributed by atoms with van der Waals surface area (Å²) in [5.74, 6) is 0.641. The van der Waals surface area contributed by atoms with Crippen molar-refractivity contribution < 1.29 is 0 Å². The van der Waals surface area contributed by atoms with Gasteiger partial charge >= 0.3 is 0 Å². The quantitative estimate of drug-likeness (QED) is 0.916. The Balaban J connectivity index is 1.72. The number of nitrogen functional groups attached to an aromatic ring is 1. The summed E-state index contributed by atoms with van der Waals surface area (Å²) in [5.41, 5.74) is 9.46. The van der Waals surface area contributed by atoms with Crippen LogP contribution in [0.2, 0.25) is 0 Å². The molecular formula is C15H22N4. The van der Waals surface area contributed by atoms with Gasteiger partial charge in [-0.25, -0.2) is 4.98 Å². The number of likely N-dealkylation sites (tertiary alicyclic amines) is 1. The van der Waals surface area contributed by atoms with Crippen molar-refractivity contribution in [2.24, 2.45) is 0 Å². The van der Waals surface area contributed by atoms with Crippen molar-refractivity contribution in [2.75, 3.05) is 25.4 Å². The fourth-order valence-electron chi connectivity index (χ4n) is 2.95. The molecule has 0 saturated carbocycles. The van der Waals surface area contributed by atoms with Gasteiger partial charge in [-0.15, -0.1) is 0 Å². The predicted octanol–water partition coefficient (Wildman–Crippen LogP) is 2.41. The fraction of sp³-hybridized carbons (Fsp3) is 0.533. The number of nitrogens with zero attached hydrogens (tertiary/aromatic N) is 3. The molecule has 4 nitrogen and oxygen atoms in total. The van der Waals surface area contributed by atoms with Gasteiger partial charge in [0.15, 0.2) is 0 Å². The molecule has 0 unspecified atom stereocenters. The van der Waals surface area contributed by atoms with Crippen LogP contribution < -0.4 is 5.73 Å². The maximum atomic E-state index is 6.04. The van der Waals surface area contributed by atoms with E-state index in [9.17, 15) is 0 Å². The molecule has 0 aliphatic carbocycles. The molecule has 0 bridgehead atoms. The third-order valence-corrected chi connectivity index (χ3v) is 3.99. The zero-order valence-corrected chi connectivity index (χ0v) is 11.6. The van der Waals surface area contributed by atoms with Crippen LogP contribution in [0.1, 0.15) is 24.8 Å². The Kier molecular flexibility index (Phi) is 3.42. The van der Waals surface area contributed by atoms with Crippen LogP contribution in [0.3, 0.4) is 0 Å². The summed E-state index contributed by atoms with van der Waals surface area (Å²) < 4.78 is 2.15. The number of aryl methyl sites for hydroxylation is 2. The van der Waals surface area contributed by atoms with Gasteiger partial charge in [-0.2, -0.15) is 0 Å². The molecule has 1 saturated heterocycles. The zero-order valence-electron chi connectivity index (χ0n) is 11.6. The number of imidazole rings is 1. The van der Waals surface area contributed by atoms with Gasteiger partial charge in [-0.1, -0.05) is 6.07 Å². The van der Waals surface area contributed by atoms with E-state index in [4.69, 9.17) is 5.73 Å². The average Bonchev–Trinajstić information content (AvgIpc) is 2.99. The molecule has 0 atom stereocenters. The normalized spacial score (nSPS) is 16.5. The van der Waals surface area contributed by atoms with Crippen molar-refractivity contribution in [3.05, 3.63) is 23.8 Å². The number of aromatic nitrogens is 2. The molecule has 2 heterocycles. The van der Waals surface area contributed by atoms with Crippen LogP contribution in [-0.4, -0.2) is 34.1 Å². The van der Waals surface area contributed by atoms with Crippen molar-refractivity contribution >= 4 is 17.0 Å². The monoisotopic (exact) mass is 258 g/mol. The van der Waals surface area contributed by atoms with E-state index in [1.807, 2.05) is 0 Å². The number of benzene rings is 1. The smallest absolute Gasteiger partial charge is 0.201 e. The van der Waals surface area contributed by atoms with E-state index in [-0.39, 0.29) is 0 Å². The van der Waals surface area contributed by atoms with Crippen LogP contribution in [0.5, 0.6) is 0 Å². The molecule has 1 aliphatic rings. The van der Waals surface area contributed by atoms with Gasteiger partial charge < -0.3 is 15.2 Å². The first-order valence-corrected chi connectivity index (χ1v) is 7.19. The topological polar surface area (TPSA) is 47.1 Å². The average molecular weight is 258 g/mol. The van der Waals surface area contributed by atoms with Crippen LogP contribution in [-0.2, 0) is 6.54 Å². The third kappa shape index (κ3) is 2.59. The van der Waals surface area contributed by atoms with Gasteiger partial charge in [0.25, 0.3) is 0 Å².